The van der Waals surface area contributed by atoms with Gasteiger partial charge in [0.1, 0.15) is 104 Å². The number of hydrogen-bond donors (Lipinski definition) is 15. The first kappa shape index (κ1) is 64.7. The summed E-state index contributed by atoms with van der Waals surface area (Å²) in [6.07, 6.45) is -29.4. The van der Waals surface area contributed by atoms with Crippen LogP contribution in [-0.2, 0) is 52.1 Å². The van der Waals surface area contributed by atoms with Gasteiger partial charge >= 0.3 is 0 Å². The maximum atomic E-state index is 12.3. The second-order valence-electron chi connectivity index (χ2n) is 26.7. The second kappa shape index (κ2) is 25.2. The van der Waals surface area contributed by atoms with Crippen molar-refractivity contribution >= 4 is 0 Å². The molecule has 6 aliphatic heterocycles. The Bertz CT molecular complexity index is 2200. The van der Waals surface area contributed by atoms with Gasteiger partial charge in [-0.15, -0.1) is 0 Å². The molecule has 0 radical (unpaired) electrons. The lowest BCUT2D eigenvalue weighted by Gasteiger charge is -2.58. The fraction of sp³-hybridized carbons (Fsp3) is 0.965. The van der Waals surface area contributed by atoms with Crippen molar-refractivity contribution in [3.8, 4) is 0 Å². The summed E-state index contributed by atoms with van der Waals surface area (Å²) in [4.78, 5) is 0. The molecule has 36 atom stereocenters. The van der Waals surface area contributed by atoms with Crippen molar-refractivity contribution in [3.63, 3.8) is 0 Å². The van der Waals surface area contributed by atoms with Crippen LogP contribution in [0.3, 0.4) is 0 Å². The van der Waals surface area contributed by atoms with E-state index in [1.807, 2.05) is 6.92 Å². The standard InChI is InChI=1S/C57H94O26/c1-21(20-73-50-41(67)39(65)36(62)31(18-58)78-50)10-15-57(72)22(2)29-17-55(6)13-12-30-28(33(55)47(29)83-57)9-8-26-16-27(11-14-56(26,30)7)77-54-49(82-52-43(69)38(64)35(61)24(4)75-52)45(71)48(32(19-59)79-54)81-53-44(70)40(66)46(25(5)76-53)80-51-42(68)37(63)34(60)23(3)74-51/h8,21-25,27-54,58-72H,9-20H2,1-7H3. The zero-order valence-electron chi connectivity index (χ0n) is 48.3. The zero-order valence-corrected chi connectivity index (χ0v) is 48.3. The van der Waals surface area contributed by atoms with E-state index in [1.54, 1.807) is 0 Å². The number of allylic oxidation sites excluding steroid dienone is 1. The lowest BCUT2D eigenvalue weighted by atomic mass is 9.48. The Kier molecular flexibility index (Phi) is 19.6. The molecule has 478 valence electrons. The smallest absolute Gasteiger partial charge is 0.187 e. The fourth-order valence-electron chi connectivity index (χ4n) is 16.1. The van der Waals surface area contributed by atoms with Crippen molar-refractivity contribution < 1.29 is 129 Å². The van der Waals surface area contributed by atoms with Crippen LogP contribution < -0.4 is 0 Å². The zero-order chi connectivity index (χ0) is 60.1. The van der Waals surface area contributed by atoms with E-state index in [-0.39, 0.29) is 53.1 Å². The second-order valence-corrected chi connectivity index (χ2v) is 26.7. The first-order chi connectivity index (χ1) is 39.1. The number of rotatable bonds is 16. The van der Waals surface area contributed by atoms with E-state index >= 15 is 0 Å². The van der Waals surface area contributed by atoms with Crippen molar-refractivity contribution in [1.82, 2.24) is 0 Å². The van der Waals surface area contributed by atoms with Gasteiger partial charge in [-0.25, -0.2) is 0 Å². The number of ether oxygens (including phenoxy) is 11. The summed E-state index contributed by atoms with van der Waals surface area (Å²) in [5.41, 5.74) is 0.990. The molecule has 10 rings (SSSR count). The predicted molar refractivity (Wildman–Crippen MR) is 280 cm³/mol. The molecule has 0 aromatic carbocycles. The maximum absolute atomic E-state index is 12.3. The first-order valence-electron chi connectivity index (χ1n) is 30.1. The van der Waals surface area contributed by atoms with Crippen molar-refractivity contribution in [3.05, 3.63) is 11.6 Å². The van der Waals surface area contributed by atoms with Crippen LogP contribution in [-0.4, -0.2) is 268 Å². The molecule has 6 saturated heterocycles. The summed E-state index contributed by atoms with van der Waals surface area (Å²) in [5, 5.41) is 162. The Morgan fingerprint density at radius 1 is 0.566 bits per heavy atom. The molecule has 26 nitrogen and oxygen atoms in total. The third kappa shape index (κ3) is 11.9. The van der Waals surface area contributed by atoms with Crippen molar-refractivity contribution in [2.45, 2.75) is 278 Å². The maximum Gasteiger partial charge on any atom is 0.187 e. The Hall–Kier alpha value is -1.30. The normalized spacial score (nSPS) is 55.9. The number of aliphatic hydroxyl groups excluding tert-OH is 14. The lowest BCUT2D eigenvalue weighted by Crippen LogP contribution is -2.67. The van der Waals surface area contributed by atoms with Crippen LogP contribution in [0.25, 0.3) is 0 Å². The highest BCUT2D eigenvalue weighted by Gasteiger charge is 2.68. The molecule has 0 amide bonds. The van der Waals surface area contributed by atoms with Crippen LogP contribution in [0, 0.1) is 46.3 Å². The van der Waals surface area contributed by atoms with E-state index < -0.39 is 179 Å². The first-order valence-corrected chi connectivity index (χ1v) is 30.1. The van der Waals surface area contributed by atoms with Gasteiger partial charge in [-0.3, -0.25) is 0 Å². The number of fused-ring (bicyclic) bond motifs is 7. The molecule has 6 heterocycles. The van der Waals surface area contributed by atoms with E-state index in [4.69, 9.17) is 52.1 Å². The lowest BCUT2D eigenvalue weighted by molar-refractivity contribution is -0.394. The largest absolute Gasteiger partial charge is 0.394 e. The highest BCUT2D eigenvalue weighted by atomic mass is 16.8. The van der Waals surface area contributed by atoms with E-state index in [1.165, 1.54) is 26.3 Å². The molecule has 10 aliphatic rings. The molecule has 0 aromatic rings. The van der Waals surface area contributed by atoms with Crippen LogP contribution in [0.2, 0.25) is 0 Å². The van der Waals surface area contributed by atoms with E-state index in [2.05, 4.69) is 26.8 Å². The molecule has 9 fully saturated rings. The molecule has 26 heteroatoms. The summed E-state index contributed by atoms with van der Waals surface area (Å²) in [6, 6.07) is 0. The summed E-state index contributed by atoms with van der Waals surface area (Å²) >= 11 is 0. The Morgan fingerprint density at radius 2 is 1.12 bits per heavy atom. The topological polar surface area (TPSA) is 405 Å². The molecule has 3 saturated carbocycles. The van der Waals surface area contributed by atoms with Crippen LogP contribution in [0.4, 0.5) is 0 Å². The minimum atomic E-state index is -1.89. The monoisotopic (exact) mass is 1190 g/mol. The number of hydrogen-bond acceptors (Lipinski definition) is 26. The van der Waals surface area contributed by atoms with Gasteiger partial charge in [-0.2, -0.15) is 0 Å². The van der Waals surface area contributed by atoms with Crippen LogP contribution in [0.5, 0.6) is 0 Å². The fourth-order valence-corrected chi connectivity index (χ4v) is 16.1. The summed E-state index contributed by atoms with van der Waals surface area (Å²) in [5.74, 6) is -0.754. The van der Waals surface area contributed by atoms with Crippen LogP contribution in [0.1, 0.15) is 106 Å². The molecule has 83 heavy (non-hydrogen) atoms. The van der Waals surface area contributed by atoms with Gasteiger partial charge in [0.25, 0.3) is 0 Å². The van der Waals surface area contributed by atoms with Crippen LogP contribution >= 0.6 is 0 Å². The molecule has 36 unspecified atom stereocenters. The van der Waals surface area contributed by atoms with Gasteiger partial charge in [0.05, 0.1) is 50.3 Å². The SMILES string of the molecule is CC(CCC1(O)OC2C(CC3(C)CCC4C(CC=C5CC(OC6OC(CO)C(OC7OC(C)C(OC8OC(C)C(O)C(O)C8O)C(O)C7O)C(O)C6OC6OC(C)C(O)C(O)C6O)CCC54C)C23)C1C)COC1OC(CO)C(O)C(O)C1O. The van der Waals surface area contributed by atoms with Gasteiger partial charge in [0.2, 0.25) is 0 Å². The summed E-state index contributed by atoms with van der Waals surface area (Å²) in [6.45, 7) is 11.9. The molecule has 4 aliphatic carbocycles. The molecular weight excluding hydrogens is 1100 g/mol. The van der Waals surface area contributed by atoms with E-state index in [0.717, 1.165) is 32.1 Å². The molecule has 15 N–H and O–H groups in total. The molecule has 0 bridgehead atoms. The van der Waals surface area contributed by atoms with E-state index in [9.17, 15) is 76.6 Å². The Morgan fingerprint density at radius 3 is 1.75 bits per heavy atom. The quantitative estimate of drug-likeness (QED) is 0.0680. The molecule has 0 spiro atoms. The van der Waals surface area contributed by atoms with Gasteiger partial charge in [0, 0.05) is 12.3 Å². The van der Waals surface area contributed by atoms with Gasteiger partial charge in [-0.05, 0) is 113 Å². The van der Waals surface area contributed by atoms with Gasteiger partial charge in [0.15, 0.2) is 37.2 Å². The van der Waals surface area contributed by atoms with Crippen LogP contribution in [0.15, 0.2) is 11.6 Å². The Balaban J connectivity index is 0.804. The van der Waals surface area contributed by atoms with E-state index in [0.29, 0.717) is 31.6 Å². The summed E-state index contributed by atoms with van der Waals surface area (Å²) in [7, 11) is 0. The third-order valence-electron chi connectivity index (χ3n) is 21.4. The predicted octanol–water partition coefficient (Wildman–Crippen LogP) is -3.13. The van der Waals surface area contributed by atoms with Crippen molar-refractivity contribution in [2.75, 3.05) is 19.8 Å². The minimum absolute atomic E-state index is 0.00192. The summed E-state index contributed by atoms with van der Waals surface area (Å²) < 4.78 is 67.0. The molecular formula is C57H94O26. The highest BCUT2D eigenvalue weighted by Crippen LogP contribution is 2.69. The average Bonchev–Trinajstić information content (AvgIpc) is 2.34. The van der Waals surface area contributed by atoms with Crippen molar-refractivity contribution in [1.29, 1.82) is 0 Å². The number of aliphatic hydroxyl groups is 15. The third-order valence-corrected chi connectivity index (χ3v) is 21.4. The van der Waals surface area contributed by atoms with Crippen molar-refractivity contribution in [2.24, 2.45) is 46.3 Å². The highest BCUT2D eigenvalue weighted by molar-refractivity contribution is 5.26. The minimum Gasteiger partial charge on any atom is -0.394 e. The average molecular weight is 1200 g/mol. The van der Waals surface area contributed by atoms with Gasteiger partial charge in [-0.1, -0.05) is 39.3 Å². The molecule has 0 aromatic heterocycles. The van der Waals surface area contributed by atoms with Gasteiger partial charge < -0.3 is 129 Å². The Labute approximate surface area is 483 Å².